The largest absolute Gasteiger partial charge is 0.743 e. The van der Waals surface area contributed by atoms with E-state index >= 15 is 0 Å². The predicted molar refractivity (Wildman–Crippen MR) is 42.7 cm³/mol. The van der Waals surface area contributed by atoms with Crippen molar-refractivity contribution in [2.24, 2.45) is 0 Å². The lowest BCUT2D eigenvalue weighted by Crippen LogP contribution is -2.58. The van der Waals surface area contributed by atoms with Gasteiger partial charge in [-0.25, -0.2) is 17.9 Å². The van der Waals surface area contributed by atoms with Gasteiger partial charge >= 0.3 is 35.9 Å². The number of rotatable bonds is 7. The number of halogens is 13. The van der Waals surface area contributed by atoms with Crippen molar-refractivity contribution in [2.45, 2.75) is 35.9 Å². The molecule has 0 saturated carbocycles. The van der Waals surface area contributed by atoms with Crippen molar-refractivity contribution >= 4 is 10.1 Å². The Kier molecular flexibility index (Phi) is 5.72. The van der Waals surface area contributed by atoms with E-state index in [4.69, 9.17) is 0 Å². The molecule has 25 heavy (non-hydrogen) atoms. The lowest BCUT2D eigenvalue weighted by atomic mass is 10.5. The molecule has 152 valence electrons. The van der Waals surface area contributed by atoms with Gasteiger partial charge < -0.3 is 4.55 Å². The maximum absolute atomic E-state index is 12.6. The standard InChI is InChI=1S/C6HF13O5S/c7-1(8,9)2(10,11)23-3(12,13)4(14,15)24-5(16,17)6(18,19)25(20,21)22/h(H,20,21,22)/p-1. The number of hydrogen-bond donors (Lipinski definition) is 0. The maximum Gasteiger partial charge on any atom is 0.483 e. The normalized spacial score (nSPS) is 16.2. The van der Waals surface area contributed by atoms with E-state index in [0.717, 1.165) is 0 Å². The minimum Gasteiger partial charge on any atom is -0.743 e. The van der Waals surface area contributed by atoms with Crippen LogP contribution < -0.4 is 0 Å². The molecule has 0 aliphatic carbocycles. The second kappa shape index (κ2) is 5.98. The van der Waals surface area contributed by atoms with Crippen LogP contribution in [0, 0.1) is 0 Å². The first-order valence-electron chi connectivity index (χ1n) is 4.73. The smallest absolute Gasteiger partial charge is 0.483 e. The fraction of sp³-hybridized carbons (Fsp3) is 1.00. The van der Waals surface area contributed by atoms with Crippen molar-refractivity contribution in [3.63, 3.8) is 0 Å². The average Bonchev–Trinajstić information content (AvgIpc) is 2.21. The van der Waals surface area contributed by atoms with Gasteiger partial charge in [-0.15, -0.1) is 0 Å². The van der Waals surface area contributed by atoms with Crippen molar-refractivity contribution in [3.05, 3.63) is 0 Å². The van der Waals surface area contributed by atoms with Crippen LogP contribution in [-0.2, 0) is 19.6 Å². The molecular formula is C6F13O5S-. The van der Waals surface area contributed by atoms with E-state index in [2.05, 4.69) is 0 Å². The van der Waals surface area contributed by atoms with E-state index in [1.54, 1.807) is 0 Å². The molecule has 0 rings (SSSR count). The van der Waals surface area contributed by atoms with E-state index in [1.165, 1.54) is 9.47 Å². The quantitative estimate of drug-likeness (QED) is 0.458. The topological polar surface area (TPSA) is 75.7 Å². The third kappa shape index (κ3) is 4.56. The molecule has 0 radical (unpaired) electrons. The van der Waals surface area contributed by atoms with Gasteiger partial charge in [0.2, 0.25) is 0 Å². The molecule has 0 heterocycles. The SMILES string of the molecule is O=S(=O)([O-])C(F)(F)C(F)(F)OC(F)(F)C(F)(F)OC(F)(F)C(F)(F)F. The van der Waals surface area contributed by atoms with Gasteiger partial charge in [-0.1, -0.05) is 0 Å². The molecule has 0 spiro atoms. The summed E-state index contributed by atoms with van der Waals surface area (Å²) in [4.78, 5) is 0. The highest BCUT2D eigenvalue weighted by molar-refractivity contribution is 7.86. The second-order valence-corrected chi connectivity index (χ2v) is 5.16. The van der Waals surface area contributed by atoms with E-state index in [-0.39, 0.29) is 0 Å². The van der Waals surface area contributed by atoms with Gasteiger partial charge in [0.05, 0.1) is 0 Å². The zero-order chi connectivity index (χ0) is 20.9. The van der Waals surface area contributed by atoms with Crippen molar-refractivity contribution < 1.29 is 79.5 Å². The first kappa shape index (κ1) is 23.9. The summed E-state index contributed by atoms with van der Waals surface area (Å²) >= 11 is 0. The van der Waals surface area contributed by atoms with Gasteiger partial charge in [-0.3, -0.25) is 0 Å². The molecule has 0 aromatic heterocycles. The van der Waals surface area contributed by atoms with Crippen LogP contribution >= 0.6 is 0 Å². The Morgan fingerprint density at radius 1 is 0.560 bits per heavy atom. The van der Waals surface area contributed by atoms with E-state index < -0.39 is 46.0 Å². The van der Waals surface area contributed by atoms with Gasteiger partial charge in [-0.2, -0.15) is 57.1 Å². The van der Waals surface area contributed by atoms with Crippen LogP contribution in [0.4, 0.5) is 57.1 Å². The van der Waals surface area contributed by atoms with E-state index in [9.17, 15) is 70.0 Å². The molecule has 0 aromatic carbocycles. The molecule has 0 aliphatic rings. The molecule has 0 amide bonds. The zero-order valence-electron chi connectivity index (χ0n) is 10.4. The van der Waals surface area contributed by atoms with Crippen LogP contribution in [0.1, 0.15) is 0 Å². The third-order valence-electron chi connectivity index (χ3n) is 1.83. The monoisotopic (exact) mass is 431 g/mol. The summed E-state index contributed by atoms with van der Waals surface area (Å²) in [5, 5.41) is -7.15. The molecule has 19 heteroatoms. The molecule has 0 unspecified atom stereocenters. The minimum atomic E-state index is -7.54. The number of hydrogen-bond acceptors (Lipinski definition) is 5. The van der Waals surface area contributed by atoms with Gasteiger partial charge in [0.25, 0.3) is 0 Å². The van der Waals surface area contributed by atoms with Crippen LogP contribution in [0.3, 0.4) is 0 Å². The summed E-state index contributed by atoms with van der Waals surface area (Å²) in [6, 6.07) is 0. The van der Waals surface area contributed by atoms with E-state index in [0.29, 0.717) is 0 Å². The molecule has 0 atom stereocenters. The molecular weight excluding hydrogens is 431 g/mol. The van der Waals surface area contributed by atoms with Crippen molar-refractivity contribution in [1.29, 1.82) is 0 Å². The summed E-state index contributed by atoms with van der Waals surface area (Å²) in [6.07, 6.45) is -36.2. The molecule has 5 nitrogen and oxygen atoms in total. The van der Waals surface area contributed by atoms with Gasteiger partial charge in [0.15, 0.2) is 10.1 Å². The summed E-state index contributed by atoms with van der Waals surface area (Å²) in [6.45, 7) is 0. The summed E-state index contributed by atoms with van der Waals surface area (Å²) in [7, 11) is -7.54. The van der Waals surface area contributed by atoms with Crippen LogP contribution in [-0.4, -0.2) is 48.8 Å². The molecule has 0 aromatic rings. The second-order valence-electron chi connectivity index (χ2n) is 3.74. The average molecular weight is 431 g/mol. The first-order valence-corrected chi connectivity index (χ1v) is 6.14. The molecule has 0 saturated heterocycles. The summed E-state index contributed by atoms with van der Waals surface area (Å²) < 4.78 is 191. The van der Waals surface area contributed by atoms with Crippen LogP contribution in [0.15, 0.2) is 0 Å². The Bertz CT molecular complexity index is 593. The highest BCUT2D eigenvalue weighted by Crippen LogP contribution is 2.50. The first-order chi connectivity index (χ1) is 10.4. The highest BCUT2D eigenvalue weighted by atomic mass is 32.2. The highest BCUT2D eigenvalue weighted by Gasteiger charge is 2.76. The zero-order valence-corrected chi connectivity index (χ0v) is 11.2. The molecule has 0 bridgehead atoms. The number of ether oxygens (including phenoxy) is 2. The van der Waals surface area contributed by atoms with Gasteiger partial charge in [-0.05, 0) is 0 Å². The van der Waals surface area contributed by atoms with Crippen LogP contribution in [0.5, 0.6) is 0 Å². The molecule has 0 aliphatic heterocycles. The Morgan fingerprint density at radius 2 is 0.840 bits per heavy atom. The Morgan fingerprint density at radius 3 is 1.08 bits per heavy atom. The lowest BCUT2D eigenvalue weighted by Gasteiger charge is -2.34. The predicted octanol–water partition coefficient (Wildman–Crippen LogP) is 3.09. The van der Waals surface area contributed by atoms with Crippen molar-refractivity contribution in [2.75, 3.05) is 0 Å². The Balaban J connectivity index is 5.78. The van der Waals surface area contributed by atoms with E-state index in [1.807, 2.05) is 0 Å². The van der Waals surface area contributed by atoms with Crippen LogP contribution in [0.2, 0.25) is 0 Å². The summed E-state index contributed by atoms with van der Waals surface area (Å²) in [5.41, 5.74) is 0. The van der Waals surface area contributed by atoms with Crippen LogP contribution in [0.25, 0.3) is 0 Å². The number of alkyl halides is 13. The fourth-order valence-electron chi connectivity index (χ4n) is 0.704. The third-order valence-corrected chi connectivity index (χ3v) is 2.70. The Labute approximate surface area is 127 Å². The Hall–Kier alpha value is -1.08. The fourth-order valence-corrected chi connectivity index (χ4v) is 1.04. The maximum atomic E-state index is 12.6. The van der Waals surface area contributed by atoms with Gasteiger partial charge in [0.1, 0.15) is 0 Å². The minimum absolute atomic E-state index is 1.33. The molecule has 0 fully saturated rings. The van der Waals surface area contributed by atoms with Crippen molar-refractivity contribution in [1.82, 2.24) is 0 Å². The van der Waals surface area contributed by atoms with Crippen molar-refractivity contribution in [3.8, 4) is 0 Å². The lowest BCUT2D eigenvalue weighted by molar-refractivity contribution is -0.543. The van der Waals surface area contributed by atoms with Gasteiger partial charge in [0, 0.05) is 0 Å². The molecule has 0 N–H and O–H groups in total. The summed E-state index contributed by atoms with van der Waals surface area (Å²) in [5.74, 6) is 0.